The Morgan fingerprint density at radius 3 is 2.85 bits per heavy atom. The van der Waals surface area contributed by atoms with Gasteiger partial charge in [-0.05, 0) is 69.9 Å². The fourth-order valence-corrected chi connectivity index (χ4v) is 5.04. The summed E-state index contributed by atoms with van der Waals surface area (Å²) in [6.45, 7) is 1.48. The van der Waals surface area contributed by atoms with Crippen LogP contribution in [-0.4, -0.2) is 12.5 Å². The van der Waals surface area contributed by atoms with Crippen molar-refractivity contribution in [1.29, 1.82) is 0 Å². The average Bonchev–Trinajstić information content (AvgIpc) is 3.40. The fraction of sp³-hybridized carbons (Fsp3) is 0.150. The van der Waals surface area contributed by atoms with Crippen LogP contribution in [0, 0.1) is 0 Å². The Kier molecular flexibility index (Phi) is 5.34. The number of carbonyl (C=O) groups is 1. The first kappa shape index (κ1) is 17.3. The zero-order chi connectivity index (χ0) is 17.8. The predicted octanol–water partition coefficient (Wildman–Crippen LogP) is 5.61. The van der Waals surface area contributed by atoms with Crippen molar-refractivity contribution in [2.45, 2.75) is 13.0 Å². The molecule has 0 fully saturated rings. The number of rotatable bonds is 7. The number of anilines is 1. The summed E-state index contributed by atoms with van der Waals surface area (Å²) >= 11 is 4.97. The number of hydrogen-bond donors (Lipinski definition) is 2. The van der Waals surface area contributed by atoms with Crippen LogP contribution in [0.15, 0.2) is 58.6 Å². The quantitative estimate of drug-likeness (QED) is 0.425. The van der Waals surface area contributed by atoms with Gasteiger partial charge in [0.2, 0.25) is 0 Å². The van der Waals surface area contributed by atoms with Gasteiger partial charge in [0, 0.05) is 28.4 Å². The Morgan fingerprint density at radius 2 is 2.04 bits per heavy atom. The lowest BCUT2D eigenvalue weighted by Crippen LogP contribution is -2.24. The summed E-state index contributed by atoms with van der Waals surface area (Å²) < 4.78 is 1.13. The van der Waals surface area contributed by atoms with Crippen molar-refractivity contribution in [3.8, 4) is 0 Å². The molecule has 0 aliphatic rings. The van der Waals surface area contributed by atoms with E-state index in [1.807, 2.05) is 12.1 Å². The number of thiophene rings is 3. The minimum atomic E-state index is 0.00976. The largest absolute Gasteiger partial charge is 0.381 e. The van der Waals surface area contributed by atoms with Crippen LogP contribution in [0.25, 0.3) is 10.1 Å². The molecular formula is C20H18N2OS3. The third-order valence-corrected chi connectivity index (χ3v) is 6.84. The van der Waals surface area contributed by atoms with Gasteiger partial charge in [-0.1, -0.05) is 6.07 Å². The van der Waals surface area contributed by atoms with Gasteiger partial charge in [0.25, 0.3) is 5.91 Å². The second kappa shape index (κ2) is 8.03. The van der Waals surface area contributed by atoms with Crippen LogP contribution in [-0.2, 0) is 13.0 Å². The SMILES string of the molecule is O=C(NCCc1cccs1)c1cc2cc(NCc3ccsc3)ccc2s1. The van der Waals surface area contributed by atoms with E-state index < -0.39 is 0 Å². The van der Waals surface area contributed by atoms with Gasteiger partial charge >= 0.3 is 0 Å². The highest BCUT2D eigenvalue weighted by atomic mass is 32.1. The molecule has 3 heterocycles. The molecule has 1 amide bonds. The summed E-state index contributed by atoms with van der Waals surface area (Å²) in [5, 5.41) is 13.9. The standard InChI is InChI=1S/C20H18N2OS3/c23-20(21-7-5-17-2-1-8-25-17)19-11-15-10-16(3-4-18(15)26-19)22-12-14-6-9-24-13-14/h1-4,6,8-11,13,22H,5,7,12H2,(H,21,23). The molecule has 3 nitrogen and oxygen atoms in total. The van der Waals surface area contributed by atoms with Crippen molar-refractivity contribution >= 4 is 55.7 Å². The third kappa shape index (κ3) is 4.15. The first-order valence-corrected chi connectivity index (χ1v) is 11.0. The Labute approximate surface area is 164 Å². The molecule has 0 saturated heterocycles. The molecule has 0 saturated carbocycles. The van der Waals surface area contributed by atoms with E-state index in [1.165, 1.54) is 10.4 Å². The molecule has 0 aliphatic carbocycles. The molecule has 2 N–H and O–H groups in total. The van der Waals surface area contributed by atoms with Crippen LogP contribution >= 0.6 is 34.0 Å². The molecule has 4 rings (SSSR count). The first-order valence-electron chi connectivity index (χ1n) is 8.37. The van der Waals surface area contributed by atoms with E-state index in [9.17, 15) is 4.79 Å². The predicted molar refractivity (Wildman–Crippen MR) is 114 cm³/mol. The molecule has 3 aromatic heterocycles. The summed E-state index contributed by atoms with van der Waals surface area (Å²) in [7, 11) is 0. The van der Waals surface area contributed by atoms with Crippen molar-refractivity contribution < 1.29 is 4.79 Å². The number of carbonyl (C=O) groups excluding carboxylic acids is 1. The van der Waals surface area contributed by atoms with Gasteiger partial charge in [0.15, 0.2) is 0 Å². The van der Waals surface area contributed by atoms with Crippen molar-refractivity contribution in [1.82, 2.24) is 5.32 Å². The summed E-state index contributed by atoms with van der Waals surface area (Å²) in [4.78, 5) is 14.5. The van der Waals surface area contributed by atoms with Gasteiger partial charge in [-0.25, -0.2) is 0 Å². The summed E-state index contributed by atoms with van der Waals surface area (Å²) in [6.07, 6.45) is 0.880. The highest BCUT2D eigenvalue weighted by molar-refractivity contribution is 7.20. The lowest BCUT2D eigenvalue weighted by Gasteiger charge is -2.04. The maximum atomic E-state index is 12.4. The molecule has 0 unspecified atom stereocenters. The Hall–Kier alpha value is -2.15. The lowest BCUT2D eigenvalue weighted by molar-refractivity contribution is 0.0958. The Morgan fingerprint density at radius 1 is 1.08 bits per heavy atom. The first-order chi connectivity index (χ1) is 12.8. The van der Waals surface area contributed by atoms with E-state index >= 15 is 0 Å². The molecule has 0 spiro atoms. The number of benzene rings is 1. The fourth-order valence-electron chi connectivity index (χ4n) is 2.70. The highest BCUT2D eigenvalue weighted by Crippen LogP contribution is 2.28. The zero-order valence-electron chi connectivity index (χ0n) is 14.0. The highest BCUT2D eigenvalue weighted by Gasteiger charge is 2.10. The number of hydrogen-bond acceptors (Lipinski definition) is 5. The summed E-state index contributed by atoms with van der Waals surface area (Å²) in [5.74, 6) is 0.00976. The lowest BCUT2D eigenvalue weighted by atomic mass is 10.2. The van der Waals surface area contributed by atoms with E-state index in [4.69, 9.17) is 0 Å². The van der Waals surface area contributed by atoms with Crippen LogP contribution in [0.5, 0.6) is 0 Å². The third-order valence-electron chi connectivity index (χ3n) is 4.05. The van der Waals surface area contributed by atoms with E-state index in [2.05, 4.69) is 57.1 Å². The van der Waals surface area contributed by atoms with Crippen LogP contribution < -0.4 is 10.6 Å². The van der Waals surface area contributed by atoms with Crippen molar-refractivity contribution in [2.24, 2.45) is 0 Å². The monoisotopic (exact) mass is 398 g/mol. The molecule has 0 radical (unpaired) electrons. The average molecular weight is 399 g/mol. The normalized spacial score (nSPS) is 10.9. The van der Waals surface area contributed by atoms with Crippen LogP contribution in [0.4, 0.5) is 5.69 Å². The Bertz CT molecular complexity index is 988. The molecule has 4 aromatic rings. The molecule has 1 aromatic carbocycles. The van der Waals surface area contributed by atoms with Gasteiger partial charge in [-0.3, -0.25) is 4.79 Å². The molecule has 0 atom stereocenters. The van der Waals surface area contributed by atoms with E-state index in [0.29, 0.717) is 6.54 Å². The van der Waals surface area contributed by atoms with Gasteiger partial charge in [0.05, 0.1) is 4.88 Å². The minimum Gasteiger partial charge on any atom is -0.381 e. The molecule has 26 heavy (non-hydrogen) atoms. The molecule has 6 heteroatoms. The number of amides is 1. The maximum absolute atomic E-state index is 12.4. The second-order valence-corrected chi connectivity index (χ2v) is 8.83. The van der Waals surface area contributed by atoms with E-state index in [0.717, 1.165) is 33.6 Å². The van der Waals surface area contributed by atoms with Gasteiger partial charge in [-0.2, -0.15) is 11.3 Å². The molecule has 0 bridgehead atoms. The minimum absolute atomic E-state index is 0.00976. The van der Waals surface area contributed by atoms with Gasteiger partial charge in [0.1, 0.15) is 0 Å². The summed E-state index contributed by atoms with van der Waals surface area (Å²) in [5.41, 5.74) is 2.36. The topological polar surface area (TPSA) is 41.1 Å². The van der Waals surface area contributed by atoms with Crippen LogP contribution in [0.2, 0.25) is 0 Å². The van der Waals surface area contributed by atoms with Gasteiger partial charge in [-0.15, -0.1) is 22.7 Å². The maximum Gasteiger partial charge on any atom is 0.261 e. The molecule has 132 valence electrons. The van der Waals surface area contributed by atoms with Crippen molar-refractivity contribution in [3.63, 3.8) is 0 Å². The van der Waals surface area contributed by atoms with Crippen molar-refractivity contribution in [3.05, 3.63) is 73.9 Å². The Balaban J connectivity index is 1.39. The van der Waals surface area contributed by atoms with Crippen LogP contribution in [0.3, 0.4) is 0 Å². The number of fused-ring (bicyclic) bond motifs is 1. The molecule has 0 aliphatic heterocycles. The van der Waals surface area contributed by atoms with Crippen LogP contribution in [0.1, 0.15) is 20.1 Å². The van der Waals surface area contributed by atoms with Gasteiger partial charge < -0.3 is 10.6 Å². The smallest absolute Gasteiger partial charge is 0.261 e. The zero-order valence-corrected chi connectivity index (χ0v) is 16.5. The molecular weight excluding hydrogens is 380 g/mol. The number of nitrogens with one attached hydrogen (secondary N) is 2. The van der Waals surface area contributed by atoms with Crippen molar-refractivity contribution in [2.75, 3.05) is 11.9 Å². The summed E-state index contributed by atoms with van der Waals surface area (Å²) in [6, 6.07) is 14.5. The second-order valence-electron chi connectivity index (χ2n) is 5.93. The van der Waals surface area contributed by atoms with E-state index in [1.54, 1.807) is 34.0 Å². The van der Waals surface area contributed by atoms with E-state index in [-0.39, 0.29) is 5.91 Å².